The van der Waals surface area contributed by atoms with E-state index in [-0.39, 0.29) is 4.90 Å². The lowest BCUT2D eigenvalue weighted by Gasteiger charge is -2.13. The molecule has 0 aliphatic carbocycles. The van der Waals surface area contributed by atoms with Crippen molar-refractivity contribution in [2.75, 3.05) is 0 Å². The van der Waals surface area contributed by atoms with Crippen LogP contribution < -0.4 is 0 Å². The minimum atomic E-state index is -4.24. The van der Waals surface area contributed by atoms with E-state index in [1.54, 1.807) is 6.07 Å². The van der Waals surface area contributed by atoms with Gasteiger partial charge in [-0.25, -0.2) is 0 Å². The minimum absolute atomic E-state index is 0.106. The van der Waals surface area contributed by atoms with E-state index in [9.17, 15) is 13.0 Å². The van der Waals surface area contributed by atoms with Gasteiger partial charge in [0.1, 0.15) is 0 Å². The molecule has 0 saturated heterocycles. The molecular weight excluding hydrogens is 464 g/mol. The van der Waals surface area contributed by atoms with Gasteiger partial charge in [0.25, 0.3) is 10.1 Å². The molecule has 1 N–H and O–H groups in total. The van der Waals surface area contributed by atoms with Gasteiger partial charge in [0, 0.05) is 0 Å². The third-order valence-electron chi connectivity index (χ3n) is 7.53. The van der Waals surface area contributed by atoms with Gasteiger partial charge in [-0.05, 0) is 59.7 Å². The largest absolute Gasteiger partial charge is 0.294 e. The van der Waals surface area contributed by atoms with Crippen molar-refractivity contribution >= 4 is 20.9 Å². The van der Waals surface area contributed by atoms with Crippen LogP contribution in [-0.2, 0) is 23.0 Å². The molecular formula is C32H52O3S. The second kappa shape index (κ2) is 18.0. The summed E-state index contributed by atoms with van der Waals surface area (Å²) in [4.78, 5) is 0.106. The lowest BCUT2D eigenvalue weighted by Crippen LogP contribution is -2.04. The number of benzene rings is 2. The first-order valence-corrected chi connectivity index (χ1v) is 16.4. The first-order valence-electron chi connectivity index (χ1n) is 15.0. The SMILES string of the molecule is CCCCCCCCCCCc1cc2cccc(CCCCCCCCCCC)c2cc1S(=O)(=O)O. The van der Waals surface area contributed by atoms with Gasteiger partial charge >= 0.3 is 0 Å². The summed E-state index contributed by atoms with van der Waals surface area (Å²) in [6, 6.07) is 10.0. The fourth-order valence-corrected chi connectivity index (χ4v) is 6.08. The molecule has 0 unspecified atom stereocenters. The second-order valence-electron chi connectivity index (χ2n) is 10.7. The Labute approximate surface area is 222 Å². The van der Waals surface area contributed by atoms with Gasteiger partial charge < -0.3 is 0 Å². The Balaban J connectivity index is 1.90. The van der Waals surface area contributed by atoms with Crippen molar-refractivity contribution in [1.29, 1.82) is 0 Å². The first kappa shape index (κ1) is 30.8. The van der Waals surface area contributed by atoms with Crippen LogP contribution >= 0.6 is 0 Å². The molecule has 0 atom stereocenters. The smallest absolute Gasteiger partial charge is 0.282 e. The van der Waals surface area contributed by atoms with Gasteiger partial charge in [-0.15, -0.1) is 0 Å². The Hall–Kier alpha value is -1.39. The third-order valence-corrected chi connectivity index (χ3v) is 8.46. The van der Waals surface area contributed by atoms with E-state index >= 15 is 0 Å². The van der Waals surface area contributed by atoms with Gasteiger partial charge in [0.05, 0.1) is 4.90 Å². The molecule has 0 amide bonds. The molecule has 2 aromatic carbocycles. The molecule has 0 aliphatic heterocycles. The topological polar surface area (TPSA) is 54.4 Å². The van der Waals surface area contributed by atoms with Gasteiger partial charge in [-0.1, -0.05) is 135 Å². The highest BCUT2D eigenvalue weighted by Crippen LogP contribution is 2.29. The molecule has 204 valence electrons. The summed E-state index contributed by atoms with van der Waals surface area (Å²) in [5.41, 5.74) is 1.95. The maximum Gasteiger partial charge on any atom is 0.294 e. The number of unbranched alkanes of at least 4 members (excludes halogenated alkanes) is 16. The number of hydrogen-bond acceptors (Lipinski definition) is 2. The summed E-state index contributed by atoms with van der Waals surface area (Å²) in [7, 11) is -4.24. The zero-order chi connectivity index (χ0) is 26.1. The molecule has 3 nitrogen and oxygen atoms in total. The van der Waals surface area contributed by atoms with E-state index < -0.39 is 10.1 Å². The molecule has 0 spiro atoms. The number of hydrogen-bond donors (Lipinski definition) is 1. The van der Waals surface area contributed by atoms with Gasteiger partial charge in [-0.3, -0.25) is 4.55 Å². The number of fused-ring (bicyclic) bond motifs is 1. The van der Waals surface area contributed by atoms with Crippen LogP contribution in [0.4, 0.5) is 0 Å². The molecule has 0 saturated carbocycles. The molecule has 0 aromatic heterocycles. The zero-order valence-corrected chi connectivity index (χ0v) is 24.0. The molecule has 0 radical (unpaired) electrons. The van der Waals surface area contributed by atoms with Crippen molar-refractivity contribution in [2.45, 2.75) is 147 Å². The molecule has 36 heavy (non-hydrogen) atoms. The van der Waals surface area contributed by atoms with Gasteiger partial charge in [0.2, 0.25) is 0 Å². The first-order chi connectivity index (χ1) is 17.5. The van der Waals surface area contributed by atoms with Crippen LogP contribution in [0.2, 0.25) is 0 Å². The van der Waals surface area contributed by atoms with Gasteiger partial charge in [0.15, 0.2) is 0 Å². The fraction of sp³-hybridized carbons (Fsp3) is 0.688. The predicted octanol–water partition coefficient (Wildman–Crippen LogP) is 10.2. The Morgan fingerprint density at radius 3 is 1.50 bits per heavy atom. The van der Waals surface area contributed by atoms with Crippen molar-refractivity contribution in [2.24, 2.45) is 0 Å². The van der Waals surface area contributed by atoms with Crippen LogP contribution in [0.1, 0.15) is 141 Å². The Morgan fingerprint density at radius 2 is 1.03 bits per heavy atom. The van der Waals surface area contributed by atoms with E-state index in [1.807, 2.05) is 6.07 Å². The highest BCUT2D eigenvalue weighted by Gasteiger charge is 2.17. The Bertz CT molecular complexity index is 965. The fourth-order valence-electron chi connectivity index (χ4n) is 5.32. The predicted molar refractivity (Wildman–Crippen MR) is 156 cm³/mol. The summed E-state index contributed by atoms with van der Waals surface area (Å²) in [6.45, 7) is 4.50. The summed E-state index contributed by atoms with van der Waals surface area (Å²) < 4.78 is 34.5. The third kappa shape index (κ3) is 11.8. The van der Waals surface area contributed by atoms with Crippen molar-refractivity contribution in [3.63, 3.8) is 0 Å². The number of rotatable bonds is 21. The van der Waals surface area contributed by atoms with E-state index in [4.69, 9.17) is 0 Å². The summed E-state index contributed by atoms with van der Waals surface area (Å²) in [5.74, 6) is 0. The van der Waals surface area contributed by atoms with Crippen molar-refractivity contribution in [1.82, 2.24) is 0 Å². The monoisotopic (exact) mass is 516 g/mol. The average Bonchev–Trinajstić information content (AvgIpc) is 2.85. The summed E-state index contributed by atoms with van der Waals surface area (Å²) in [5, 5.41) is 2.06. The molecule has 2 rings (SSSR count). The van der Waals surface area contributed by atoms with E-state index in [0.29, 0.717) is 6.42 Å². The summed E-state index contributed by atoms with van der Waals surface area (Å²) in [6.07, 6.45) is 24.4. The molecule has 0 fully saturated rings. The maximum atomic E-state index is 12.3. The van der Waals surface area contributed by atoms with Crippen molar-refractivity contribution in [3.05, 3.63) is 41.5 Å². The standard InChI is InChI=1S/C32H52O3S/c1-3-5-7-9-11-13-15-17-19-22-28-24-21-25-29-26-30(32(27-31(28)29)36(33,34)35)23-20-18-16-14-12-10-8-6-4-2/h21,24-27H,3-20,22-23H2,1-2H3,(H,33,34,35). The molecule has 0 aliphatic rings. The van der Waals surface area contributed by atoms with Crippen molar-refractivity contribution < 1.29 is 13.0 Å². The lowest BCUT2D eigenvalue weighted by molar-refractivity contribution is 0.481. The molecule has 2 aromatic rings. The van der Waals surface area contributed by atoms with Gasteiger partial charge in [-0.2, -0.15) is 8.42 Å². The van der Waals surface area contributed by atoms with Crippen LogP contribution in [0, 0.1) is 0 Å². The molecule has 4 heteroatoms. The van der Waals surface area contributed by atoms with E-state index in [2.05, 4.69) is 32.0 Å². The Kier molecular flexibility index (Phi) is 15.4. The average molecular weight is 517 g/mol. The minimum Gasteiger partial charge on any atom is -0.282 e. The van der Waals surface area contributed by atoms with Crippen LogP contribution in [0.5, 0.6) is 0 Å². The van der Waals surface area contributed by atoms with Crippen LogP contribution in [0.25, 0.3) is 10.8 Å². The molecule has 0 heterocycles. The lowest BCUT2D eigenvalue weighted by atomic mass is 9.96. The second-order valence-corrected chi connectivity index (χ2v) is 12.1. The van der Waals surface area contributed by atoms with E-state index in [1.165, 1.54) is 102 Å². The number of aryl methyl sites for hydroxylation is 2. The highest BCUT2D eigenvalue weighted by molar-refractivity contribution is 7.85. The highest BCUT2D eigenvalue weighted by atomic mass is 32.2. The quantitative estimate of drug-likeness (QED) is 0.133. The zero-order valence-electron chi connectivity index (χ0n) is 23.2. The summed E-state index contributed by atoms with van der Waals surface area (Å²) >= 11 is 0. The normalized spacial score (nSPS) is 12.0. The van der Waals surface area contributed by atoms with Crippen LogP contribution in [0.15, 0.2) is 35.2 Å². The van der Waals surface area contributed by atoms with Crippen LogP contribution in [-0.4, -0.2) is 13.0 Å². The Morgan fingerprint density at radius 1 is 0.583 bits per heavy atom. The molecule has 0 bridgehead atoms. The van der Waals surface area contributed by atoms with E-state index in [0.717, 1.165) is 42.0 Å². The van der Waals surface area contributed by atoms with Crippen molar-refractivity contribution in [3.8, 4) is 0 Å². The van der Waals surface area contributed by atoms with Crippen LogP contribution in [0.3, 0.4) is 0 Å². The maximum absolute atomic E-state index is 12.3.